The molecule has 12 rings (SSSR count). The molecule has 0 aliphatic rings. The van der Waals surface area contributed by atoms with Crippen LogP contribution in [0.2, 0.25) is 5.02 Å². The van der Waals surface area contributed by atoms with Crippen LogP contribution in [0.3, 0.4) is 0 Å². The number of methoxy groups -OCH3 is 1. The fraction of sp³-hybridized carbons (Fsp3) is 0.116. The number of rotatable bonds is 19. The standard InChI is InChI=1S/C25H22F3N3O5.C23H17F3N4O4.C21H16ClN3O2/c1-30-15-17(14-29-30)22-16-31(18-3-5-21(6-4-18)36-25(26,27)28)24(32)13-23(22)35-20-9-7-19(8-10-20)34-12-11-33-2;1-29-12-15(11-28-29)19-13-30(16-4-8-18(9-5-16)34-23(24,25)26)21(31)10-20(19)33-17-6-2-14(3-7-17)22(27)32;1-24-13-15(12-23-24)19-14-25(17-9-7-16(22)8-10-17)21(26)11-20(19)27-18-5-3-2-4-6-18/h3-10,13-16H,11-12H2,1-2H3;2-13H,1H3,(H2,27,32);2-14H,1H3. The summed E-state index contributed by atoms with van der Waals surface area (Å²) in [5.74, 6) is 1.74. The predicted molar refractivity (Wildman–Crippen MR) is 347 cm³/mol. The smallest absolute Gasteiger partial charge is 0.491 e. The van der Waals surface area contributed by atoms with E-state index in [2.05, 4.69) is 24.8 Å². The number of aromatic nitrogens is 9. The van der Waals surface area contributed by atoms with E-state index in [0.717, 1.165) is 41.1 Å². The highest BCUT2D eigenvalue weighted by atomic mass is 35.5. The molecule has 12 aromatic rings. The number of ether oxygens (including phenoxy) is 7. The van der Waals surface area contributed by atoms with Gasteiger partial charge < -0.3 is 38.9 Å². The summed E-state index contributed by atoms with van der Waals surface area (Å²) in [5, 5.41) is 13.2. The number of halogens is 7. The number of nitrogens with zero attached hydrogens (tertiary/aromatic N) is 9. The van der Waals surface area contributed by atoms with Crippen molar-refractivity contribution in [3.63, 3.8) is 0 Å². The molecule has 0 saturated carbocycles. The fourth-order valence-electron chi connectivity index (χ4n) is 9.36. The van der Waals surface area contributed by atoms with Crippen LogP contribution < -0.4 is 50.8 Å². The molecule has 6 heterocycles. The van der Waals surface area contributed by atoms with Gasteiger partial charge in [-0.3, -0.25) is 46.9 Å². The highest BCUT2D eigenvalue weighted by Crippen LogP contribution is 2.37. The van der Waals surface area contributed by atoms with Gasteiger partial charge in [0.15, 0.2) is 0 Å². The summed E-state index contributed by atoms with van der Waals surface area (Å²) in [5.41, 5.74) is 9.81. The Kier molecular flexibility index (Phi) is 20.9. The number of pyridine rings is 3. The van der Waals surface area contributed by atoms with Gasteiger partial charge in [0, 0.05) is 145 Å². The molecule has 0 saturated heterocycles. The number of benzene rings is 6. The van der Waals surface area contributed by atoms with Crippen molar-refractivity contribution in [2.45, 2.75) is 12.7 Å². The zero-order chi connectivity index (χ0) is 69.0. The molecule has 0 spiro atoms. The largest absolute Gasteiger partial charge is 0.573 e. The van der Waals surface area contributed by atoms with Gasteiger partial charge in [-0.25, -0.2) is 0 Å². The Labute approximate surface area is 552 Å². The third-order valence-electron chi connectivity index (χ3n) is 13.8. The van der Waals surface area contributed by atoms with Gasteiger partial charge >= 0.3 is 12.7 Å². The molecule has 496 valence electrons. The van der Waals surface area contributed by atoms with E-state index in [9.17, 15) is 45.5 Å². The van der Waals surface area contributed by atoms with E-state index in [1.54, 1.807) is 132 Å². The van der Waals surface area contributed by atoms with Crippen molar-refractivity contribution in [2.75, 3.05) is 20.3 Å². The zero-order valence-corrected chi connectivity index (χ0v) is 52.3. The first kappa shape index (κ1) is 67.8. The molecule has 6 aromatic heterocycles. The van der Waals surface area contributed by atoms with Gasteiger partial charge in [-0.05, 0) is 133 Å². The van der Waals surface area contributed by atoms with Crippen LogP contribution in [0.4, 0.5) is 26.3 Å². The van der Waals surface area contributed by atoms with E-state index in [1.165, 1.54) is 82.1 Å². The lowest BCUT2D eigenvalue weighted by atomic mass is 10.1. The third-order valence-corrected chi connectivity index (χ3v) is 14.1. The number of carbonyl (C=O) groups is 1. The van der Waals surface area contributed by atoms with E-state index in [0.29, 0.717) is 86.2 Å². The molecule has 0 radical (unpaired) electrons. The van der Waals surface area contributed by atoms with Crippen molar-refractivity contribution < 1.29 is 64.3 Å². The molecular weight excluding hydrogens is 1290 g/mol. The predicted octanol–water partition coefficient (Wildman–Crippen LogP) is 13.7. The summed E-state index contributed by atoms with van der Waals surface area (Å²) in [6, 6.07) is 43.4. The molecule has 0 aliphatic heterocycles. The van der Waals surface area contributed by atoms with E-state index < -0.39 is 35.5 Å². The average Bonchev–Trinajstić information content (AvgIpc) is 1.69. The quantitative estimate of drug-likeness (QED) is 0.0587. The van der Waals surface area contributed by atoms with Gasteiger partial charge in [-0.2, -0.15) is 15.3 Å². The van der Waals surface area contributed by atoms with Crippen LogP contribution in [-0.2, 0) is 25.9 Å². The van der Waals surface area contributed by atoms with Crippen molar-refractivity contribution in [2.24, 2.45) is 26.9 Å². The number of para-hydroxylation sites is 1. The number of hydrogen-bond acceptors (Lipinski definition) is 14. The molecule has 0 fully saturated rings. The second kappa shape index (κ2) is 29.9. The van der Waals surface area contributed by atoms with Crippen LogP contribution in [0.5, 0.6) is 51.7 Å². The fourth-order valence-corrected chi connectivity index (χ4v) is 9.49. The van der Waals surface area contributed by atoms with E-state index in [4.69, 9.17) is 41.0 Å². The molecule has 0 atom stereocenters. The summed E-state index contributed by atoms with van der Waals surface area (Å²) in [4.78, 5) is 49.8. The van der Waals surface area contributed by atoms with Gasteiger partial charge in [-0.1, -0.05) is 29.8 Å². The Morgan fingerprint density at radius 1 is 0.443 bits per heavy atom. The lowest BCUT2D eigenvalue weighted by Gasteiger charge is -2.15. The zero-order valence-electron chi connectivity index (χ0n) is 51.5. The lowest BCUT2D eigenvalue weighted by molar-refractivity contribution is -0.275. The highest BCUT2D eigenvalue weighted by Gasteiger charge is 2.32. The molecule has 0 bridgehead atoms. The van der Waals surface area contributed by atoms with Crippen LogP contribution in [0, 0.1) is 0 Å². The first-order valence-corrected chi connectivity index (χ1v) is 29.2. The van der Waals surface area contributed by atoms with Crippen LogP contribution in [0.15, 0.2) is 240 Å². The van der Waals surface area contributed by atoms with E-state index in [-0.39, 0.29) is 22.8 Å². The second-order valence-corrected chi connectivity index (χ2v) is 21.3. The lowest BCUT2D eigenvalue weighted by Crippen LogP contribution is -2.18. The van der Waals surface area contributed by atoms with Gasteiger partial charge in [0.25, 0.3) is 16.7 Å². The van der Waals surface area contributed by atoms with Crippen molar-refractivity contribution >= 4 is 17.5 Å². The normalized spacial score (nSPS) is 11.2. The van der Waals surface area contributed by atoms with Crippen molar-refractivity contribution in [1.29, 1.82) is 0 Å². The van der Waals surface area contributed by atoms with E-state index >= 15 is 0 Å². The molecule has 21 nitrogen and oxygen atoms in total. The minimum absolute atomic E-state index is 0.198. The monoisotopic (exact) mass is 1350 g/mol. The molecule has 97 heavy (non-hydrogen) atoms. The van der Waals surface area contributed by atoms with Gasteiger partial charge in [0.1, 0.15) is 58.4 Å². The second-order valence-electron chi connectivity index (χ2n) is 20.9. The van der Waals surface area contributed by atoms with Crippen molar-refractivity contribution in [1.82, 2.24) is 43.0 Å². The number of carbonyl (C=O) groups excluding carboxylic acids is 1. The molecule has 0 aliphatic carbocycles. The van der Waals surface area contributed by atoms with Gasteiger partial charge in [-0.15, -0.1) is 26.3 Å². The number of hydrogen-bond donors (Lipinski definition) is 1. The third kappa shape index (κ3) is 18.2. The number of alkyl halides is 6. The summed E-state index contributed by atoms with van der Waals surface area (Å²) < 4.78 is 120. The Bertz CT molecular complexity index is 4860. The number of primary amides is 1. The van der Waals surface area contributed by atoms with Crippen LogP contribution in [0.25, 0.3) is 50.4 Å². The van der Waals surface area contributed by atoms with Crippen molar-refractivity contribution in [3.8, 4) is 102 Å². The van der Waals surface area contributed by atoms with Gasteiger partial charge in [0.05, 0.1) is 25.2 Å². The summed E-state index contributed by atoms with van der Waals surface area (Å²) in [6.45, 7) is 0.866. The molecule has 6 aromatic carbocycles. The highest BCUT2D eigenvalue weighted by molar-refractivity contribution is 6.30. The summed E-state index contributed by atoms with van der Waals surface area (Å²) in [7, 11) is 6.91. The molecular formula is C69H55ClF6N10O11. The number of aryl methyl sites for hydroxylation is 3. The summed E-state index contributed by atoms with van der Waals surface area (Å²) >= 11 is 5.97. The Balaban J connectivity index is 0.000000160. The maximum atomic E-state index is 13.0. The first-order chi connectivity index (χ1) is 46.4. The van der Waals surface area contributed by atoms with E-state index in [1.807, 2.05) is 43.6 Å². The summed E-state index contributed by atoms with van der Waals surface area (Å²) in [6.07, 6.45) is 5.48. The molecule has 1 amide bonds. The van der Waals surface area contributed by atoms with Crippen molar-refractivity contribution in [3.05, 3.63) is 267 Å². The molecule has 28 heteroatoms. The minimum atomic E-state index is -4.82. The maximum absolute atomic E-state index is 13.0. The first-order valence-electron chi connectivity index (χ1n) is 28.9. The maximum Gasteiger partial charge on any atom is 0.573 e. The number of nitrogens with two attached hydrogens (primary N) is 1. The number of amides is 1. The average molecular weight is 1350 g/mol. The minimum Gasteiger partial charge on any atom is -0.491 e. The van der Waals surface area contributed by atoms with Crippen LogP contribution in [0.1, 0.15) is 10.4 Å². The SMILES string of the molecule is COCCOc1ccc(Oc2cc(=O)n(-c3ccc(OC(F)(F)F)cc3)cc2-c2cnn(C)c2)cc1.Cn1cc(-c2cn(-c3ccc(Cl)cc3)c(=O)cc2Oc2ccccc2)cn1.Cn1cc(-c2cn(-c3ccc(OC(F)(F)F)cc3)c(=O)cc2Oc2ccc(C(N)=O)cc2)cn1. The van der Waals surface area contributed by atoms with Crippen LogP contribution in [-0.4, -0.2) is 82.0 Å². The Hall–Kier alpha value is -12.1. The topological polar surface area (TPSA) is 227 Å². The molecule has 2 N–H and O–H groups in total. The Morgan fingerprint density at radius 2 is 0.773 bits per heavy atom. The van der Waals surface area contributed by atoms with Gasteiger partial charge in [0.2, 0.25) is 5.91 Å². The Morgan fingerprint density at radius 3 is 1.10 bits per heavy atom. The molecule has 0 unspecified atom stereocenters. The van der Waals surface area contributed by atoms with Crippen LogP contribution >= 0.6 is 11.6 Å².